The molecule has 2 aromatic rings. The van der Waals surface area contributed by atoms with E-state index in [1.807, 2.05) is 18.2 Å². The van der Waals surface area contributed by atoms with Crippen LogP contribution in [0, 0.1) is 17.7 Å². The molecule has 1 aliphatic rings. The molecule has 1 saturated carbocycles. The molecule has 0 aromatic heterocycles. The number of aryl methyl sites for hydroxylation is 2. The molecule has 2 unspecified atom stereocenters. The average molecular weight is 368 g/mol. The van der Waals surface area contributed by atoms with E-state index in [1.54, 1.807) is 12.1 Å². The minimum atomic E-state index is -0.303. The Morgan fingerprint density at radius 1 is 0.963 bits per heavy atom. The van der Waals surface area contributed by atoms with Crippen molar-refractivity contribution in [2.45, 2.75) is 39.7 Å². The second-order valence-electron chi connectivity index (χ2n) is 6.94. The maximum Gasteiger partial charge on any atom is 0.228 e. The molecule has 0 bridgehead atoms. The molecule has 2 N–H and O–H groups in total. The van der Waals surface area contributed by atoms with Gasteiger partial charge in [0.05, 0.1) is 11.8 Å². The summed E-state index contributed by atoms with van der Waals surface area (Å²) in [6.45, 7) is 4.46. The zero-order valence-corrected chi connectivity index (χ0v) is 15.7. The van der Waals surface area contributed by atoms with Gasteiger partial charge in [0.2, 0.25) is 11.8 Å². The minimum Gasteiger partial charge on any atom is -0.352 e. The zero-order chi connectivity index (χ0) is 19.4. The van der Waals surface area contributed by atoms with E-state index >= 15 is 0 Å². The fourth-order valence-electron chi connectivity index (χ4n) is 3.32. The first-order valence-electron chi connectivity index (χ1n) is 9.47. The molecule has 5 heteroatoms. The Kier molecular flexibility index (Phi) is 5.89. The van der Waals surface area contributed by atoms with Crippen LogP contribution in [-0.2, 0) is 29.0 Å². The first kappa shape index (κ1) is 19.1. The van der Waals surface area contributed by atoms with Crippen molar-refractivity contribution in [3.05, 3.63) is 65.0 Å². The standard InChI is InChI=1S/C22H25FN2O2/c1-3-15-6-5-7-16(4-2)20(15)25-22(27)19-12-18(19)21(26)24-13-14-8-10-17(23)11-9-14/h5-11,18-19H,3-4,12-13H2,1-2H3,(H,24,26)(H,25,27). The smallest absolute Gasteiger partial charge is 0.228 e. The van der Waals surface area contributed by atoms with Crippen LogP contribution in [0.3, 0.4) is 0 Å². The fraction of sp³-hybridized carbons (Fsp3) is 0.364. The number of carbonyl (C=O) groups excluding carboxylic acids is 2. The predicted octanol–water partition coefficient (Wildman–Crippen LogP) is 3.84. The number of hydrogen-bond donors (Lipinski definition) is 2. The number of hydrogen-bond acceptors (Lipinski definition) is 2. The van der Waals surface area contributed by atoms with Gasteiger partial charge < -0.3 is 10.6 Å². The van der Waals surface area contributed by atoms with Gasteiger partial charge in [0.15, 0.2) is 0 Å². The molecule has 0 spiro atoms. The SMILES string of the molecule is CCc1cccc(CC)c1NC(=O)C1CC1C(=O)NCc1ccc(F)cc1. The summed E-state index contributed by atoms with van der Waals surface area (Å²) in [5, 5.41) is 5.88. The van der Waals surface area contributed by atoms with E-state index in [1.165, 1.54) is 12.1 Å². The average Bonchev–Trinajstić information content (AvgIpc) is 3.48. The van der Waals surface area contributed by atoms with Crippen LogP contribution in [0.5, 0.6) is 0 Å². The molecule has 0 saturated heterocycles. The lowest BCUT2D eigenvalue weighted by molar-refractivity contribution is -0.125. The largest absolute Gasteiger partial charge is 0.352 e. The van der Waals surface area contributed by atoms with Gasteiger partial charge in [0.1, 0.15) is 5.82 Å². The quantitative estimate of drug-likeness (QED) is 0.780. The molecule has 2 atom stereocenters. The highest BCUT2D eigenvalue weighted by Gasteiger charge is 2.48. The Morgan fingerprint density at radius 2 is 1.56 bits per heavy atom. The van der Waals surface area contributed by atoms with Gasteiger partial charge in [0.25, 0.3) is 0 Å². The van der Waals surface area contributed by atoms with Crippen LogP contribution < -0.4 is 10.6 Å². The normalized spacial score (nSPS) is 18.0. The lowest BCUT2D eigenvalue weighted by Crippen LogP contribution is -2.27. The molecular formula is C22H25FN2O2. The molecule has 2 amide bonds. The molecule has 4 nitrogen and oxygen atoms in total. The second kappa shape index (κ2) is 8.33. The summed E-state index contributed by atoms with van der Waals surface area (Å²) >= 11 is 0. The number of halogens is 1. The molecule has 3 rings (SSSR count). The highest BCUT2D eigenvalue weighted by Crippen LogP contribution is 2.40. The van der Waals surface area contributed by atoms with Crippen molar-refractivity contribution in [1.29, 1.82) is 0 Å². The first-order valence-corrected chi connectivity index (χ1v) is 9.47. The zero-order valence-electron chi connectivity index (χ0n) is 15.7. The Bertz CT molecular complexity index is 810. The number of nitrogens with one attached hydrogen (secondary N) is 2. The predicted molar refractivity (Wildman–Crippen MR) is 104 cm³/mol. The van der Waals surface area contributed by atoms with Gasteiger partial charge in [-0.15, -0.1) is 0 Å². The van der Waals surface area contributed by atoms with E-state index in [0.29, 0.717) is 13.0 Å². The van der Waals surface area contributed by atoms with Gasteiger partial charge in [-0.1, -0.05) is 44.2 Å². The van der Waals surface area contributed by atoms with Crippen LogP contribution in [0.1, 0.15) is 37.0 Å². The van der Waals surface area contributed by atoms with E-state index in [-0.39, 0.29) is 29.5 Å². The van der Waals surface area contributed by atoms with Gasteiger partial charge in [-0.3, -0.25) is 9.59 Å². The second-order valence-corrected chi connectivity index (χ2v) is 6.94. The lowest BCUT2D eigenvalue weighted by atomic mass is 10.0. The summed E-state index contributed by atoms with van der Waals surface area (Å²) in [4.78, 5) is 24.9. The molecule has 27 heavy (non-hydrogen) atoms. The number of amides is 2. The van der Waals surface area contributed by atoms with E-state index in [0.717, 1.165) is 35.2 Å². The number of anilines is 1. The lowest BCUT2D eigenvalue weighted by Gasteiger charge is -2.14. The first-order chi connectivity index (χ1) is 13.0. The highest BCUT2D eigenvalue weighted by atomic mass is 19.1. The Labute approximate surface area is 159 Å². The highest BCUT2D eigenvalue weighted by molar-refractivity contribution is 6.00. The van der Waals surface area contributed by atoms with E-state index < -0.39 is 0 Å². The van der Waals surface area contributed by atoms with Gasteiger partial charge in [-0.25, -0.2) is 4.39 Å². The van der Waals surface area contributed by atoms with Crippen LogP contribution in [0.4, 0.5) is 10.1 Å². The van der Waals surface area contributed by atoms with Crippen molar-refractivity contribution < 1.29 is 14.0 Å². The van der Waals surface area contributed by atoms with Crippen LogP contribution in [0.2, 0.25) is 0 Å². The summed E-state index contributed by atoms with van der Waals surface area (Å²) < 4.78 is 12.9. The van der Waals surface area contributed by atoms with Gasteiger partial charge in [0, 0.05) is 12.2 Å². The Balaban J connectivity index is 1.56. The van der Waals surface area contributed by atoms with Crippen LogP contribution in [0.15, 0.2) is 42.5 Å². The molecule has 0 aliphatic heterocycles. The third kappa shape index (κ3) is 4.54. The third-order valence-electron chi connectivity index (χ3n) is 5.09. The maximum atomic E-state index is 12.9. The number of para-hydroxylation sites is 1. The van der Waals surface area contributed by atoms with Crippen molar-refractivity contribution >= 4 is 17.5 Å². The third-order valence-corrected chi connectivity index (χ3v) is 5.09. The minimum absolute atomic E-state index is 0.0902. The van der Waals surface area contributed by atoms with Gasteiger partial charge >= 0.3 is 0 Å². The number of rotatable bonds is 7. The molecule has 2 aromatic carbocycles. The Hall–Kier alpha value is -2.69. The maximum absolute atomic E-state index is 12.9. The Morgan fingerprint density at radius 3 is 2.15 bits per heavy atom. The van der Waals surface area contributed by atoms with Crippen molar-refractivity contribution in [2.75, 3.05) is 5.32 Å². The summed E-state index contributed by atoms with van der Waals surface area (Å²) in [6, 6.07) is 12.1. The van der Waals surface area contributed by atoms with E-state index in [2.05, 4.69) is 24.5 Å². The molecule has 142 valence electrons. The molecule has 0 heterocycles. The molecule has 1 aliphatic carbocycles. The van der Waals surface area contributed by atoms with Crippen LogP contribution >= 0.6 is 0 Å². The van der Waals surface area contributed by atoms with Crippen molar-refractivity contribution in [3.63, 3.8) is 0 Å². The molecular weight excluding hydrogens is 343 g/mol. The van der Waals surface area contributed by atoms with E-state index in [9.17, 15) is 14.0 Å². The molecule has 0 radical (unpaired) electrons. The van der Waals surface area contributed by atoms with Crippen LogP contribution in [-0.4, -0.2) is 11.8 Å². The van der Waals surface area contributed by atoms with Crippen molar-refractivity contribution in [3.8, 4) is 0 Å². The van der Waals surface area contributed by atoms with E-state index in [4.69, 9.17) is 0 Å². The fourth-order valence-corrected chi connectivity index (χ4v) is 3.32. The van der Waals surface area contributed by atoms with Gasteiger partial charge in [-0.2, -0.15) is 0 Å². The number of carbonyl (C=O) groups is 2. The van der Waals surface area contributed by atoms with Crippen molar-refractivity contribution in [2.24, 2.45) is 11.8 Å². The monoisotopic (exact) mass is 368 g/mol. The molecule has 1 fully saturated rings. The topological polar surface area (TPSA) is 58.2 Å². The summed E-state index contributed by atoms with van der Waals surface area (Å²) in [7, 11) is 0. The number of benzene rings is 2. The van der Waals surface area contributed by atoms with Gasteiger partial charge in [-0.05, 0) is 48.1 Å². The van der Waals surface area contributed by atoms with Crippen LogP contribution in [0.25, 0.3) is 0 Å². The van der Waals surface area contributed by atoms with Crippen molar-refractivity contribution in [1.82, 2.24) is 5.32 Å². The summed E-state index contributed by atoms with van der Waals surface area (Å²) in [5.74, 6) is -1.09. The summed E-state index contributed by atoms with van der Waals surface area (Å²) in [6.07, 6.45) is 2.25. The summed E-state index contributed by atoms with van der Waals surface area (Å²) in [5.41, 5.74) is 3.95.